The van der Waals surface area contributed by atoms with Crippen LogP contribution in [0.1, 0.15) is 5.82 Å². The number of sulfonamides is 1. The molecular formula is C22H19FN6O2S. The third-order valence-corrected chi connectivity index (χ3v) is 5.65. The molecule has 0 aliphatic carbocycles. The molecule has 0 saturated heterocycles. The summed E-state index contributed by atoms with van der Waals surface area (Å²) < 4.78 is 40.7. The average Bonchev–Trinajstić information content (AvgIpc) is 2.75. The van der Waals surface area contributed by atoms with Crippen molar-refractivity contribution in [1.82, 2.24) is 15.0 Å². The Bertz CT molecular complexity index is 1330. The first-order valence-electron chi connectivity index (χ1n) is 9.57. The number of hydrogen-bond donors (Lipinski definition) is 3. The second-order valence-electron chi connectivity index (χ2n) is 6.79. The lowest BCUT2D eigenvalue weighted by atomic mass is 10.3. The van der Waals surface area contributed by atoms with Crippen molar-refractivity contribution < 1.29 is 12.8 Å². The molecule has 0 spiro atoms. The summed E-state index contributed by atoms with van der Waals surface area (Å²) in [6.45, 7) is 1.78. The van der Waals surface area contributed by atoms with Crippen LogP contribution in [0.15, 0.2) is 83.9 Å². The highest BCUT2D eigenvalue weighted by Gasteiger charge is 2.14. The van der Waals surface area contributed by atoms with Gasteiger partial charge < -0.3 is 10.6 Å². The first-order chi connectivity index (χ1) is 15.4. The minimum Gasteiger partial charge on any atom is -0.340 e. The van der Waals surface area contributed by atoms with Gasteiger partial charge in [0, 0.05) is 23.6 Å². The number of anilines is 5. The fourth-order valence-corrected chi connectivity index (χ4v) is 3.97. The highest BCUT2D eigenvalue weighted by atomic mass is 32.2. The molecule has 0 radical (unpaired) electrons. The van der Waals surface area contributed by atoms with E-state index >= 15 is 0 Å². The highest BCUT2D eigenvalue weighted by Crippen LogP contribution is 2.22. The number of nitrogens with one attached hydrogen (secondary N) is 3. The first kappa shape index (κ1) is 21.2. The van der Waals surface area contributed by atoms with E-state index < -0.39 is 15.8 Å². The third-order valence-electron chi connectivity index (χ3n) is 4.27. The summed E-state index contributed by atoms with van der Waals surface area (Å²) in [5.74, 6) is 1.74. The predicted octanol–water partition coefficient (Wildman–Crippen LogP) is 4.61. The molecule has 0 amide bonds. The lowest BCUT2D eigenvalue weighted by molar-refractivity contribution is 0.595. The first-order valence-corrected chi connectivity index (χ1v) is 11.0. The van der Waals surface area contributed by atoms with Crippen molar-refractivity contribution in [2.24, 2.45) is 0 Å². The molecule has 162 valence electrons. The minimum atomic E-state index is -3.89. The van der Waals surface area contributed by atoms with Crippen LogP contribution in [0.2, 0.25) is 0 Å². The second kappa shape index (κ2) is 8.98. The maximum atomic E-state index is 13.4. The summed E-state index contributed by atoms with van der Waals surface area (Å²) in [4.78, 5) is 12.8. The molecule has 2 heterocycles. The molecule has 0 aliphatic rings. The van der Waals surface area contributed by atoms with Gasteiger partial charge in [-0.25, -0.2) is 27.8 Å². The molecule has 0 fully saturated rings. The van der Waals surface area contributed by atoms with Crippen LogP contribution < -0.4 is 15.4 Å². The van der Waals surface area contributed by atoms with Crippen molar-refractivity contribution in [3.63, 3.8) is 0 Å². The third kappa shape index (κ3) is 5.35. The van der Waals surface area contributed by atoms with Gasteiger partial charge in [0.15, 0.2) is 0 Å². The lowest BCUT2D eigenvalue weighted by Gasteiger charge is -2.11. The summed E-state index contributed by atoms with van der Waals surface area (Å²) in [5.41, 5.74) is 1.04. The van der Waals surface area contributed by atoms with Gasteiger partial charge in [0.1, 0.15) is 29.1 Å². The Morgan fingerprint density at radius 3 is 2.19 bits per heavy atom. The predicted molar refractivity (Wildman–Crippen MR) is 121 cm³/mol. The Hall–Kier alpha value is -4.05. The normalized spacial score (nSPS) is 11.1. The summed E-state index contributed by atoms with van der Waals surface area (Å²) >= 11 is 0. The zero-order valence-electron chi connectivity index (χ0n) is 16.9. The van der Waals surface area contributed by atoms with E-state index in [1.54, 1.807) is 43.5 Å². The Balaban J connectivity index is 1.47. The van der Waals surface area contributed by atoms with Crippen molar-refractivity contribution in [2.45, 2.75) is 11.8 Å². The molecule has 2 aromatic heterocycles. The van der Waals surface area contributed by atoms with E-state index in [1.807, 2.05) is 18.2 Å². The standard InChI is InChI=1S/C22H19FN6O2S/c1-15-25-21(14-22(26-15)28-20-7-2-3-12-24-20)27-17-8-10-18(11-9-17)29-32(30,31)19-6-4-5-16(23)13-19/h2-14,29H,1H3,(H2,24,25,26,27,28). The fourth-order valence-electron chi connectivity index (χ4n) is 2.88. The monoisotopic (exact) mass is 450 g/mol. The molecule has 0 saturated carbocycles. The Morgan fingerprint density at radius 2 is 1.50 bits per heavy atom. The zero-order valence-corrected chi connectivity index (χ0v) is 17.8. The molecule has 4 rings (SSSR count). The van der Waals surface area contributed by atoms with Gasteiger partial charge in [-0.3, -0.25) is 4.72 Å². The van der Waals surface area contributed by atoms with E-state index in [2.05, 4.69) is 30.3 Å². The Labute approximate surface area is 184 Å². The van der Waals surface area contributed by atoms with Crippen LogP contribution >= 0.6 is 0 Å². The van der Waals surface area contributed by atoms with Crippen LogP contribution in [0, 0.1) is 12.7 Å². The van der Waals surface area contributed by atoms with Gasteiger partial charge in [-0.2, -0.15) is 0 Å². The smallest absolute Gasteiger partial charge is 0.261 e. The van der Waals surface area contributed by atoms with E-state index in [4.69, 9.17) is 0 Å². The van der Waals surface area contributed by atoms with E-state index in [0.29, 0.717) is 34.7 Å². The van der Waals surface area contributed by atoms with Crippen LogP contribution in [0.3, 0.4) is 0 Å². The largest absolute Gasteiger partial charge is 0.340 e. The number of halogens is 1. The van der Waals surface area contributed by atoms with Crippen LogP contribution in [0.5, 0.6) is 0 Å². The number of rotatable bonds is 7. The highest BCUT2D eigenvalue weighted by molar-refractivity contribution is 7.92. The quantitative estimate of drug-likeness (QED) is 0.377. The number of aromatic nitrogens is 3. The average molecular weight is 450 g/mol. The van der Waals surface area contributed by atoms with E-state index in [9.17, 15) is 12.8 Å². The Morgan fingerprint density at radius 1 is 0.781 bits per heavy atom. The number of benzene rings is 2. The topological polar surface area (TPSA) is 109 Å². The fraction of sp³-hybridized carbons (Fsp3) is 0.0455. The molecule has 3 N–H and O–H groups in total. The number of nitrogens with zero attached hydrogens (tertiary/aromatic N) is 3. The van der Waals surface area contributed by atoms with Crippen molar-refractivity contribution in [1.29, 1.82) is 0 Å². The molecular weight excluding hydrogens is 431 g/mol. The van der Waals surface area contributed by atoms with Gasteiger partial charge in [0.2, 0.25) is 0 Å². The van der Waals surface area contributed by atoms with E-state index in [1.165, 1.54) is 18.2 Å². The van der Waals surface area contributed by atoms with Crippen LogP contribution in [0.4, 0.5) is 33.2 Å². The number of pyridine rings is 1. The molecule has 0 unspecified atom stereocenters. The van der Waals surface area contributed by atoms with Gasteiger partial charge in [-0.15, -0.1) is 0 Å². The Kier molecular flexibility index (Phi) is 5.95. The summed E-state index contributed by atoms with van der Waals surface area (Å²) in [6, 6.07) is 18.7. The number of hydrogen-bond acceptors (Lipinski definition) is 7. The van der Waals surface area contributed by atoms with Crippen LogP contribution in [0.25, 0.3) is 0 Å². The molecule has 8 nitrogen and oxygen atoms in total. The van der Waals surface area contributed by atoms with Crippen molar-refractivity contribution in [2.75, 3.05) is 15.4 Å². The zero-order chi connectivity index (χ0) is 22.6. The van der Waals surface area contributed by atoms with Crippen molar-refractivity contribution in [3.05, 3.63) is 90.6 Å². The van der Waals surface area contributed by atoms with Crippen molar-refractivity contribution >= 4 is 38.9 Å². The maximum absolute atomic E-state index is 13.4. The molecule has 2 aromatic carbocycles. The van der Waals surface area contributed by atoms with Crippen molar-refractivity contribution in [3.8, 4) is 0 Å². The van der Waals surface area contributed by atoms with Gasteiger partial charge in [-0.1, -0.05) is 12.1 Å². The van der Waals surface area contributed by atoms with Gasteiger partial charge in [0.25, 0.3) is 10.0 Å². The maximum Gasteiger partial charge on any atom is 0.261 e. The van der Waals surface area contributed by atoms with Crippen LogP contribution in [-0.4, -0.2) is 23.4 Å². The minimum absolute atomic E-state index is 0.149. The number of aryl methyl sites for hydroxylation is 1. The second-order valence-corrected chi connectivity index (χ2v) is 8.47. The molecule has 0 bridgehead atoms. The van der Waals surface area contributed by atoms with Crippen LogP contribution in [-0.2, 0) is 10.0 Å². The molecule has 0 atom stereocenters. The van der Waals surface area contributed by atoms with Gasteiger partial charge in [-0.05, 0) is 61.5 Å². The van der Waals surface area contributed by atoms with E-state index in [-0.39, 0.29) is 4.90 Å². The molecule has 10 heteroatoms. The lowest BCUT2D eigenvalue weighted by Crippen LogP contribution is -2.13. The van der Waals surface area contributed by atoms with Gasteiger partial charge >= 0.3 is 0 Å². The molecule has 0 aliphatic heterocycles. The molecule has 4 aromatic rings. The summed E-state index contributed by atoms with van der Waals surface area (Å²) in [5, 5.41) is 6.28. The summed E-state index contributed by atoms with van der Waals surface area (Å²) in [6.07, 6.45) is 1.68. The molecule has 32 heavy (non-hydrogen) atoms. The SMILES string of the molecule is Cc1nc(Nc2ccc(NS(=O)(=O)c3cccc(F)c3)cc2)cc(Nc2ccccn2)n1. The van der Waals surface area contributed by atoms with Gasteiger partial charge in [0.05, 0.1) is 4.90 Å². The summed E-state index contributed by atoms with van der Waals surface area (Å²) in [7, 11) is -3.89. The van der Waals surface area contributed by atoms with E-state index in [0.717, 1.165) is 6.07 Å².